The number of nitrogens with zero attached hydrogens (tertiary/aromatic N) is 4. The number of hydrogen-bond acceptors (Lipinski definition) is 5. The van der Waals surface area contributed by atoms with Crippen molar-refractivity contribution in [3.8, 4) is 11.9 Å². The maximum absolute atomic E-state index is 14.1. The molecule has 1 aliphatic heterocycles. The summed E-state index contributed by atoms with van der Waals surface area (Å²) in [6, 6.07) is 8.34. The Kier molecular flexibility index (Phi) is 6.29. The van der Waals surface area contributed by atoms with Crippen molar-refractivity contribution in [1.82, 2.24) is 9.99 Å². The predicted octanol–water partition coefficient (Wildman–Crippen LogP) is 3.91. The minimum Gasteiger partial charge on any atom is -0.478 e. The SMILES string of the molecule is C=C(CCCOc1ccc(C#N)cn1)C(=O)N1N=CCC1c1cccc(F)c1F. The number of hydrogen-bond donors (Lipinski definition) is 0. The van der Waals surface area contributed by atoms with Crippen LogP contribution < -0.4 is 4.74 Å². The van der Waals surface area contributed by atoms with E-state index in [0.29, 0.717) is 42.9 Å². The molecule has 2 heterocycles. The van der Waals surface area contributed by atoms with Gasteiger partial charge in [-0.3, -0.25) is 4.79 Å². The van der Waals surface area contributed by atoms with Crippen LogP contribution in [0.4, 0.5) is 8.78 Å². The molecular formula is C21H18F2N4O2. The molecule has 0 spiro atoms. The lowest BCUT2D eigenvalue weighted by Gasteiger charge is -2.23. The molecule has 8 heteroatoms. The number of carbonyl (C=O) groups is 1. The van der Waals surface area contributed by atoms with Gasteiger partial charge in [-0.1, -0.05) is 18.7 Å². The molecule has 29 heavy (non-hydrogen) atoms. The van der Waals surface area contributed by atoms with E-state index in [1.807, 2.05) is 6.07 Å². The molecule has 1 atom stereocenters. The number of ether oxygens (including phenoxy) is 1. The first-order valence-electron chi connectivity index (χ1n) is 8.98. The first kappa shape index (κ1) is 20.1. The fourth-order valence-electron chi connectivity index (χ4n) is 2.91. The number of aromatic nitrogens is 1. The Hall–Kier alpha value is -3.60. The molecule has 1 aromatic heterocycles. The average Bonchev–Trinajstić information content (AvgIpc) is 3.22. The van der Waals surface area contributed by atoms with Crippen LogP contribution in [-0.4, -0.2) is 28.7 Å². The molecule has 1 aromatic carbocycles. The second-order valence-electron chi connectivity index (χ2n) is 6.39. The Labute approximate surface area is 166 Å². The topological polar surface area (TPSA) is 78.6 Å². The molecule has 0 saturated heterocycles. The highest BCUT2D eigenvalue weighted by Gasteiger charge is 2.31. The first-order valence-corrected chi connectivity index (χ1v) is 8.98. The van der Waals surface area contributed by atoms with Gasteiger partial charge in [-0.15, -0.1) is 0 Å². The Bertz CT molecular complexity index is 983. The maximum atomic E-state index is 14.1. The van der Waals surface area contributed by atoms with Gasteiger partial charge in [0.1, 0.15) is 6.07 Å². The van der Waals surface area contributed by atoms with Crippen LogP contribution in [0.2, 0.25) is 0 Å². The molecule has 0 saturated carbocycles. The summed E-state index contributed by atoms with van der Waals surface area (Å²) in [5.74, 6) is -2.00. The van der Waals surface area contributed by atoms with Crippen LogP contribution >= 0.6 is 0 Å². The van der Waals surface area contributed by atoms with Crippen LogP contribution in [0.25, 0.3) is 0 Å². The number of pyridine rings is 1. The Balaban J connectivity index is 1.53. The van der Waals surface area contributed by atoms with Gasteiger partial charge in [-0.25, -0.2) is 18.8 Å². The second-order valence-corrected chi connectivity index (χ2v) is 6.39. The molecule has 1 amide bonds. The summed E-state index contributed by atoms with van der Waals surface area (Å²) in [5, 5.41) is 13.9. The van der Waals surface area contributed by atoms with Crippen LogP contribution in [0.1, 0.15) is 36.4 Å². The molecule has 148 valence electrons. The van der Waals surface area contributed by atoms with Crippen molar-refractivity contribution in [3.63, 3.8) is 0 Å². The minimum absolute atomic E-state index is 0.0823. The fraction of sp³-hybridized carbons (Fsp3) is 0.238. The first-order chi connectivity index (χ1) is 14.0. The van der Waals surface area contributed by atoms with Crippen molar-refractivity contribution in [2.75, 3.05) is 6.61 Å². The predicted molar refractivity (Wildman–Crippen MR) is 102 cm³/mol. The summed E-state index contributed by atoms with van der Waals surface area (Å²) < 4.78 is 33.1. The summed E-state index contributed by atoms with van der Waals surface area (Å²) in [7, 11) is 0. The Morgan fingerprint density at radius 1 is 1.34 bits per heavy atom. The number of amides is 1. The molecule has 1 unspecified atom stereocenters. The lowest BCUT2D eigenvalue weighted by molar-refractivity contribution is -0.129. The van der Waals surface area contributed by atoms with Crippen molar-refractivity contribution in [1.29, 1.82) is 5.26 Å². The molecule has 0 radical (unpaired) electrons. The Morgan fingerprint density at radius 2 is 2.17 bits per heavy atom. The number of nitriles is 1. The summed E-state index contributed by atoms with van der Waals surface area (Å²) >= 11 is 0. The second kappa shape index (κ2) is 9.06. The summed E-state index contributed by atoms with van der Waals surface area (Å²) in [4.78, 5) is 16.7. The van der Waals surface area contributed by atoms with Gasteiger partial charge in [-0.05, 0) is 25.0 Å². The monoisotopic (exact) mass is 396 g/mol. The van der Waals surface area contributed by atoms with E-state index in [1.165, 1.54) is 24.5 Å². The van der Waals surface area contributed by atoms with Crippen LogP contribution in [-0.2, 0) is 4.79 Å². The molecular weight excluding hydrogens is 378 g/mol. The quantitative estimate of drug-likeness (QED) is 0.525. The standard InChI is InChI=1S/C21H18F2N4O2/c1-14(4-3-11-29-19-8-7-15(12-24)13-25-19)21(28)27-18(9-10-26-27)16-5-2-6-17(22)20(16)23/h2,5-8,10,13,18H,1,3-4,9,11H2. The highest BCUT2D eigenvalue weighted by Crippen LogP contribution is 2.32. The molecule has 0 N–H and O–H groups in total. The van der Waals surface area contributed by atoms with Gasteiger partial charge < -0.3 is 4.74 Å². The van der Waals surface area contributed by atoms with Crippen molar-refractivity contribution in [2.24, 2.45) is 5.10 Å². The maximum Gasteiger partial charge on any atom is 0.269 e. The summed E-state index contributed by atoms with van der Waals surface area (Å²) in [6.45, 7) is 4.10. The van der Waals surface area contributed by atoms with Crippen LogP contribution in [0, 0.1) is 23.0 Å². The third-order valence-electron chi connectivity index (χ3n) is 4.42. The molecule has 0 fully saturated rings. The molecule has 2 aromatic rings. The highest BCUT2D eigenvalue weighted by molar-refractivity contribution is 5.94. The average molecular weight is 396 g/mol. The number of carbonyl (C=O) groups excluding carboxylic acids is 1. The van der Waals surface area contributed by atoms with Crippen LogP contribution in [0.3, 0.4) is 0 Å². The van der Waals surface area contributed by atoms with Crippen molar-refractivity contribution in [3.05, 3.63) is 71.4 Å². The van der Waals surface area contributed by atoms with Gasteiger partial charge in [0.05, 0.1) is 18.2 Å². The summed E-state index contributed by atoms with van der Waals surface area (Å²) in [5.41, 5.74) is 0.813. The molecule has 1 aliphatic rings. The lowest BCUT2D eigenvalue weighted by atomic mass is 10.0. The number of hydrazone groups is 1. The highest BCUT2D eigenvalue weighted by atomic mass is 19.2. The third kappa shape index (κ3) is 4.63. The molecule has 6 nitrogen and oxygen atoms in total. The normalized spacial score (nSPS) is 15.2. The van der Waals surface area contributed by atoms with Gasteiger partial charge in [0.2, 0.25) is 5.88 Å². The van der Waals surface area contributed by atoms with E-state index in [4.69, 9.17) is 10.00 Å². The number of rotatable bonds is 7. The van der Waals surface area contributed by atoms with Gasteiger partial charge >= 0.3 is 0 Å². The number of halogens is 2. The minimum atomic E-state index is -0.977. The molecule has 0 aliphatic carbocycles. The van der Waals surface area contributed by atoms with Crippen molar-refractivity contribution < 1.29 is 18.3 Å². The van der Waals surface area contributed by atoms with Gasteiger partial charge in [-0.2, -0.15) is 10.4 Å². The van der Waals surface area contributed by atoms with Crippen LogP contribution in [0.5, 0.6) is 5.88 Å². The summed E-state index contributed by atoms with van der Waals surface area (Å²) in [6.07, 6.45) is 4.06. The van der Waals surface area contributed by atoms with E-state index in [-0.39, 0.29) is 5.56 Å². The largest absolute Gasteiger partial charge is 0.478 e. The van der Waals surface area contributed by atoms with E-state index in [0.717, 1.165) is 11.1 Å². The van der Waals surface area contributed by atoms with Crippen LogP contribution in [0.15, 0.2) is 53.8 Å². The van der Waals surface area contributed by atoms with E-state index < -0.39 is 23.6 Å². The van der Waals surface area contributed by atoms with Crippen molar-refractivity contribution >= 4 is 12.1 Å². The zero-order valence-electron chi connectivity index (χ0n) is 15.5. The van der Waals surface area contributed by atoms with Crippen molar-refractivity contribution in [2.45, 2.75) is 25.3 Å². The van der Waals surface area contributed by atoms with E-state index in [1.54, 1.807) is 12.1 Å². The Morgan fingerprint density at radius 3 is 2.90 bits per heavy atom. The zero-order valence-corrected chi connectivity index (χ0v) is 15.5. The van der Waals surface area contributed by atoms with E-state index in [2.05, 4.69) is 16.7 Å². The van der Waals surface area contributed by atoms with Gasteiger partial charge in [0.25, 0.3) is 5.91 Å². The number of benzene rings is 1. The van der Waals surface area contributed by atoms with Gasteiger partial charge in [0.15, 0.2) is 11.6 Å². The van der Waals surface area contributed by atoms with E-state index in [9.17, 15) is 13.6 Å². The van der Waals surface area contributed by atoms with E-state index >= 15 is 0 Å². The lowest BCUT2D eigenvalue weighted by Crippen LogP contribution is -2.29. The van der Waals surface area contributed by atoms with Gasteiger partial charge in [0, 0.05) is 36.0 Å². The fourth-order valence-corrected chi connectivity index (χ4v) is 2.91. The third-order valence-corrected chi connectivity index (χ3v) is 4.42. The smallest absolute Gasteiger partial charge is 0.269 e. The molecule has 0 bridgehead atoms. The zero-order chi connectivity index (χ0) is 20.8. The molecule has 3 rings (SSSR count).